The van der Waals surface area contributed by atoms with Crippen LogP contribution in [0, 0.1) is 35.1 Å². The smallest absolute Gasteiger partial charge is 0.333 e. The number of Topliss-reactive ketones (excluding diaryl/α,β-unsaturated/α-hetero) is 4. The van der Waals surface area contributed by atoms with Gasteiger partial charge in [0.15, 0.2) is 0 Å². The Morgan fingerprint density at radius 3 is 1.03 bits per heavy atom. The van der Waals surface area contributed by atoms with Gasteiger partial charge in [-0.15, -0.1) is 22.7 Å². The first-order valence-corrected chi connectivity index (χ1v) is 29.8. The molecule has 8 aromatic rings. The maximum Gasteiger partial charge on any atom is 0.333 e. The molecule has 0 bridgehead atoms. The lowest BCUT2D eigenvalue weighted by atomic mass is 9.68. The van der Waals surface area contributed by atoms with E-state index in [1.807, 2.05) is 0 Å². The van der Waals surface area contributed by atoms with Crippen molar-refractivity contribution in [2.45, 2.75) is 37.3 Å². The molecule has 6 aliphatic carbocycles. The summed E-state index contributed by atoms with van der Waals surface area (Å²) in [6.45, 7) is -1.22. The first-order chi connectivity index (χ1) is 43.5. The fraction of sp³-hybridized carbons (Fsp3) is 0.111. The lowest BCUT2D eigenvalue weighted by molar-refractivity contribution is -0.166. The predicted molar refractivity (Wildman–Crippen MR) is 323 cm³/mol. The van der Waals surface area contributed by atoms with E-state index in [4.69, 9.17) is 18.9 Å². The van der Waals surface area contributed by atoms with E-state index in [1.165, 1.54) is 24.3 Å². The van der Waals surface area contributed by atoms with Gasteiger partial charge in [-0.2, -0.15) is 0 Å². The van der Waals surface area contributed by atoms with E-state index in [0.29, 0.717) is 55.3 Å². The van der Waals surface area contributed by atoms with Gasteiger partial charge in [0, 0.05) is 76.9 Å². The highest BCUT2D eigenvalue weighted by Crippen LogP contribution is 2.62. The van der Waals surface area contributed by atoms with Crippen LogP contribution in [0.5, 0.6) is 0 Å². The summed E-state index contributed by atoms with van der Waals surface area (Å²) < 4.78 is 84.9. The maximum atomic E-state index is 15.7. The number of halogens is 4. The quantitative estimate of drug-likeness (QED) is 0.0252. The molecule has 2 atom stereocenters. The van der Waals surface area contributed by atoms with Gasteiger partial charge in [0.1, 0.15) is 49.7 Å². The Labute approximate surface area is 517 Å². The van der Waals surface area contributed by atoms with Crippen LogP contribution in [0.2, 0.25) is 0 Å². The number of fused-ring (bicyclic) bond motifs is 9. The molecule has 6 aromatic carbocycles. The van der Waals surface area contributed by atoms with Crippen LogP contribution in [0.1, 0.15) is 84.7 Å². The summed E-state index contributed by atoms with van der Waals surface area (Å²) in [5.41, 5.74) is -4.07. The molecule has 0 aliphatic heterocycles. The second-order valence-corrected chi connectivity index (χ2v) is 24.2. The van der Waals surface area contributed by atoms with Crippen molar-refractivity contribution in [1.29, 1.82) is 0 Å². The number of ketones is 4. The fourth-order valence-corrected chi connectivity index (χ4v) is 15.0. The van der Waals surface area contributed by atoms with E-state index in [-0.39, 0.29) is 80.7 Å². The van der Waals surface area contributed by atoms with Crippen molar-refractivity contribution in [3.63, 3.8) is 0 Å². The van der Waals surface area contributed by atoms with Gasteiger partial charge in [-0.25, -0.2) is 17.6 Å². The Hall–Kier alpha value is -10.6. The normalized spacial score (nSPS) is 18.5. The fourth-order valence-electron chi connectivity index (χ4n) is 12.6. The maximum absolute atomic E-state index is 15.7. The number of hydrogen-bond donors (Lipinski definition) is 0. The molecule has 0 saturated carbocycles. The number of hydrogen-bond acceptors (Lipinski definition) is 14. The molecule has 0 radical (unpaired) electrons. The molecule has 18 heteroatoms. The highest BCUT2D eigenvalue weighted by atomic mass is 32.1. The second-order valence-electron chi connectivity index (χ2n) is 22.1. The van der Waals surface area contributed by atoms with Crippen LogP contribution >= 0.6 is 22.7 Å². The van der Waals surface area contributed by atoms with Crippen molar-refractivity contribution in [1.82, 2.24) is 0 Å². The number of thiophene rings is 2. The summed E-state index contributed by atoms with van der Waals surface area (Å²) in [6, 6.07) is 40.5. The Balaban J connectivity index is 0.967. The minimum absolute atomic E-state index is 0.0531. The Kier molecular flexibility index (Phi) is 14.1. The van der Waals surface area contributed by atoms with Crippen LogP contribution in [0.25, 0.3) is 34.4 Å². The lowest BCUT2D eigenvalue weighted by Gasteiger charge is -2.35. The zero-order valence-corrected chi connectivity index (χ0v) is 48.3. The number of esters is 4. The molecule has 12 nitrogen and oxygen atoms in total. The van der Waals surface area contributed by atoms with E-state index in [1.54, 1.807) is 146 Å². The van der Waals surface area contributed by atoms with E-state index in [0.717, 1.165) is 34.8 Å². The van der Waals surface area contributed by atoms with E-state index >= 15 is 28.0 Å². The number of carbonyl (C=O) groups is 8. The molecule has 0 saturated heterocycles. The number of carbonyl (C=O) groups excluding carboxylic acids is 8. The molecule has 2 aromatic heterocycles. The van der Waals surface area contributed by atoms with Crippen LogP contribution in [-0.2, 0) is 85.0 Å². The Bertz CT molecular complexity index is 4300. The predicted octanol–water partition coefficient (Wildman–Crippen LogP) is 13.0. The van der Waals surface area contributed by atoms with Gasteiger partial charge in [0.25, 0.3) is 0 Å². The third-order valence-electron chi connectivity index (χ3n) is 16.8. The molecule has 0 amide bonds. The van der Waals surface area contributed by atoms with Crippen molar-refractivity contribution < 1.29 is 74.9 Å². The topological polar surface area (TPSA) is 173 Å². The average Bonchev–Trinajstić information content (AvgIpc) is 1.52. The highest BCUT2D eigenvalue weighted by Gasteiger charge is 2.64. The van der Waals surface area contributed by atoms with Crippen molar-refractivity contribution in [3.05, 3.63) is 292 Å². The standard InChI is InChI=1S/C72H42F4O12S2/c73-43-25-47-49(61(77)63(79)59(47)57(75)27-43)29-45-31-55-65(89-45)51-21-42-24-54-52(22-41(42)23-53(51)71(55,67(81)85-33-37-13-5-1-6-14-37)68(82)86-34-38-15-7-2-8-16-38)66-56(32-46(90-66)30-50-48-26-44(74)28-58(76)60(48)64(80)62(50)78)72(54,69(83)87-35-39-17-9-3-10-18-39)70(84)88-36-40-19-11-4-12-20-40/h1-32,41-42H,33-36H2/b49-29-,50-30-. The first-order valence-electron chi connectivity index (χ1n) is 28.2. The third-order valence-corrected chi connectivity index (χ3v) is 19.0. The molecular weight excluding hydrogens is 1200 g/mol. The monoisotopic (exact) mass is 1240 g/mol. The van der Waals surface area contributed by atoms with Crippen LogP contribution in [0.4, 0.5) is 17.6 Å². The van der Waals surface area contributed by atoms with Crippen LogP contribution in [-0.4, -0.2) is 47.0 Å². The van der Waals surface area contributed by atoms with Gasteiger partial charge in [-0.1, -0.05) is 146 Å². The molecule has 2 unspecified atom stereocenters. The second kappa shape index (κ2) is 22.2. The van der Waals surface area contributed by atoms with Gasteiger partial charge in [-0.05, 0) is 81.0 Å². The van der Waals surface area contributed by atoms with E-state index in [9.17, 15) is 28.0 Å². The number of allylic oxidation sites excluding steroid dienone is 8. The van der Waals surface area contributed by atoms with Gasteiger partial charge in [0.2, 0.25) is 34.0 Å². The Morgan fingerprint density at radius 2 is 0.722 bits per heavy atom. The molecule has 90 heavy (non-hydrogen) atoms. The minimum Gasteiger partial charge on any atom is -0.459 e. The van der Waals surface area contributed by atoms with Crippen molar-refractivity contribution in [3.8, 4) is 0 Å². The molecule has 0 N–H and O–H groups in total. The lowest BCUT2D eigenvalue weighted by Crippen LogP contribution is -2.47. The summed E-state index contributed by atoms with van der Waals surface area (Å²) in [5.74, 6) is -15.0. The van der Waals surface area contributed by atoms with Gasteiger partial charge in [0.05, 0.1) is 11.1 Å². The summed E-state index contributed by atoms with van der Waals surface area (Å²) >= 11 is 2.00. The molecule has 442 valence electrons. The van der Waals surface area contributed by atoms with Crippen molar-refractivity contribution in [2.75, 3.05) is 0 Å². The van der Waals surface area contributed by atoms with Gasteiger partial charge < -0.3 is 18.9 Å². The number of rotatable bonds is 14. The first kappa shape index (κ1) is 57.2. The van der Waals surface area contributed by atoms with Gasteiger partial charge in [-0.3, -0.25) is 38.4 Å². The molecule has 0 spiro atoms. The van der Waals surface area contributed by atoms with Crippen LogP contribution in [0.3, 0.4) is 0 Å². The SMILES string of the molecule is O=C1C(=O)c2c(F)cc(F)cc2/C1=C/c1cc2c(s1)C1=CC3C=C4C(=CC3C=C1C2(C(=O)OCc1ccccc1)C(=O)OCc1ccccc1)c1sc(/C=C2\C(=O)C(=O)c3c(F)cc(F)cc32)cc1C4(C(=O)OCc1ccccc1)C(=O)OCc1ccccc1. The van der Waals surface area contributed by atoms with Gasteiger partial charge >= 0.3 is 23.9 Å². The summed E-state index contributed by atoms with van der Waals surface area (Å²) in [5, 5.41) is 0. The minimum atomic E-state index is -2.44. The van der Waals surface area contributed by atoms with Crippen molar-refractivity contribution >= 4 is 104 Å². The largest absolute Gasteiger partial charge is 0.459 e. The number of benzene rings is 6. The van der Waals surface area contributed by atoms with Crippen LogP contribution in [0.15, 0.2) is 193 Å². The molecule has 2 heterocycles. The van der Waals surface area contributed by atoms with Crippen LogP contribution < -0.4 is 0 Å². The van der Waals surface area contributed by atoms with E-state index < -0.39 is 104 Å². The zero-order valence-electron chi connectivity index (χ0n) is 46.7. The average molecular weight is 1240 g/mol. The highest BCUT2D eigenvalue weighted by molar-refractivity contribution is 7.15. The van der Waals surface area contributed by atoms with Crippen molar-refractivity contribution in [2.24, 2.45) is 11.8 Å². The summed E-state index contributed by atoms with van der Waals surface area (Å²) in [7, 11) is 0. The molecular formula is C72H42F4O12S2. The van der Waals surface area contributed by atoms with E-state index in [2.05, 4.69) is 0 Å². The molecule has 0 fully saturated rings. The summed E-state index contributed by atoms with van der Waals surface area (Å²) in [6.07, 6.45) is 9.49. The Morgan fingerprint density at radius 1 is 0.411 bits per heavy atom. The third kappa shape index (κ3) is 9.23. The molecule has 14 rings (SSSR count). The zero-order chi connectivity index (χ0) is 62.3. The molecule has 6 aliphatic rings. The summed E-state index contributed by atoms with van der Waals surface area (Å²) in [4.78, 5) is 118. The number of ether oxygens (including phenoxy) is 4.